The zero-order chi connectivity index (χ0) is 11.1. The third kappa shape index (κ3) is 1.75. The molecule has 2 rings (SSSR count). The van der Waals surface area contributed by atoms with Gasteiger partial charge in [-0.15, -0.1) is 0 Å². The summed E-state index contributed by atoms with van der Waals surface area (Å²) in [5, 5.41) is 8.86. The van der Waals surface area contributed by atoms with Gasteiger partial charge in [-0.3, -0.25) is 15.7 Å². The molecule has 0 saturated heterocycles. The Morgan fingerprint density at radius 1 is 1.33 bits per heavy atom. The molecule has 1 aromatic rings. The number of rotatable bonds is 0. The van der Waals surface area contributed by atoms with Crippen LogP contribution in [0.15, 0.2) is 23.2 Å². The molecule has 3 heteroatoms. The summed E-state index contributed by atoms with van der Waals surface area (Å²) in [6, 6.07) is 6.28. The summed E-state index contributed by atoms with van der Waals surface area (Å²) in [6.07, 6.45) is 0. The quantitative estimate of drug-likeness (QED) is 0.636. The van der Waals surface area contributed by atoms with E-state index in [2.05, 4.69) is 43.4 Å². The minimum Gasteiger partial charge on any atom is -0.290 e. The maximum Gasteiger partial charge on any atom is 0.152 e. The molecular formula is C12H16N2O. The van der Waals surface area contributed by atoms with E-state index in [9.17, 15) is 0 Å². The van der Waals surface area contributed by atoms with E-state index in [1.165, 1.54) is 11.1 Å². The number of benzene rings is 1. The molecule has 15 heavy (non-hydrogen) atoms. The van der Waals surface area contributed by atoms with Crippen LogP contribution in [0.3, 0.4) is 0 Å². The number of hydrogen-bond acceptors (Lipinski definition) is 3. The highest BCUT2D eigenvalue weighted by atomic mass is 16.5. The van der Waals surface area contributed by atoms with Crippen molar-refractivity contribution in [3.05, 3.63) is 34.9 Å². The van der Waals surface area contributed by atoms with Gasteiger partial charge in [-0.25, -0.2) is 0 Å². The summed E-state index contributed by atoms with van der Waals surface area (Å²) in [5.74, 6) is 0.574. The summed E-state index contributed by atoms with van der Waals surface area (Å²) in [7, 11) is 0. The summed E-state index contributed by atoms with van der Waals surface area (Å²) in [6.45, 7) is 7.23. The Bertz CT molecular complexity index is 416. The lowest BCUT2D eigenvalue weighted by Gasteiger charge is -2.19. The zero-order valence-corrected chi connectivity index (χ0v) is 9.33. The first kappa shape index (κ1) is 10.2. The van der Waals surface area contributed by atoms with E-state index >= 15 is 0 Å². The summed E-state index contributed by atoms with van der Waals surface area (Å²) in [5.41, 5.74) is 5.77. The van der Waals surface area contributed by atoms with Gasteiger partial charge < -0.3 is 0 Å². The zero-order valence-electron chi connectivity index (χ0n) is 9.33. The molecule has 0 saturated carbocycles. The van der Waals surface area contributed by atoms with Gasteiger partial charge in [0.05, 0.1) is 6.54 Å². The second-order valence-corrected chi connectivity index (χ2v) is 4.90. The minimum absolute atomic E-state index is 0.157. The second-order valence-electron chi connectivity index (χ2n) is 4.90. The molecule has 0 amide bonds. The van der Waals surface area contributed by atoms with Gasteiger partial charge in [0, 0.05) is 5.56 Å². The minimum atomic E-state index is 0.157. The molecular weight excluding hydrogens is 188 g/mol. The van der Waals surface area contributed by atoms with Crippen LogP contribution < -0.4 is 5.48 Å². The van der Waals surface area contributed by atoms with Gasteiger partial charge >= 0.3 is 0 Å². The Kier molecular flexibility index (Phi) is 2.27. The lowest BCUT2D eigenvalue weighted by atomic mass is 9.85. The molecule has 0 bridgehead atoms. The van der Waals surface area contributed by atoms with Crippen LogP contribution in [0.5, 0.6) is 0 Å². The van der Waals surface area contributed by atoms with Crippen molar-refractivity contribution in [3.8, 4) is 0 Å². The molecule has 0 fully saturated rings. The lowest BCUT2D eigenvalue weighted by molar-refractivity contribution is 0.235. The summed E-state index contributed by atoms with van der Waals surface area (Å²) < 4.78 is 0. The van der Waals surface area contributed by atoms with E-state index in [1.54, 1.807) is 0 Å². The van der Waals surface area contributed by atoms with Crippen LogP contribution in [0.25, 0.3) is 0 Å². The van der Waals surface area contributed by atoms with Crippen LogP contribution in [0.1, 0.15) is 37.5 Å². The smallest absolute Gasteiger partial charge is 0.152 e. The highest BCUT2D eigenvalue weighted by molar-refractivity contribution is 6.01. The first-order valence-electron chi connectivity index (χ1n) is 5.11. The van der Waals surface area contributed by atoms with Crippen molar-refractivity contribution in [2.75, 3.05) is 0 Å². The van der Waals surface area contributed by atoms with Crippen LogP contribution in [-0.2, 0) is 12.0 Å². The fourth-order valence-corrected chi connectivity index (χ4v) is 1.77. The topological polar surface area (TPSA) is 44.6 Å². The highest BCUT2D eigenvalue weighted by Crippen LogP contribution is 2.27. The largest absolute Gasteiger partial charge is 0.290 e. The molecule has 0 radical (unpaired) electrons. The van der Waals surface area contributed by atoms with Gasteiger partial charge in [0.25, 0.3) is 0 Å². The summed E-state index contributed by atoms with van der Waals surface area (Å²) in [4.78, 5) is 4.20. The molecule has 80 valence electrons. The number of hydroxylamine groups is 1. The van der Waals surface area contributed by atoms with E-state index in [-0.39, 0.29) is 5.41 Å². The van der Waals surface area contributed by atoms with Crippen LogP contribution >= 0.6 is 0 Å². The van der Waals surface area contributed by atoms with Gasteiger partial charge in [-0.2, -0.15) is 0 Å². The standard InChI is InChI=1S/C12H16N2O/c1-12(2,3)9-4-5-10-8(6-9)7-13-11(10)14-15/h4-6,15H,7H2,1-3H3,(H,13,14). The third-order valence-electron chi connectivity index (χ3n) is 2.74. The van der Waals surface area contributed by atoms with E-state index in [4.69, 9.17) is 5.21 Å². The Hall–Kier alpha value is -1.35. The predicted octanol–water partition coefficient (Wildman–Crippen LogP) is 2.22. The highest BCUT2D eigenvalue weighted by Gasteiger charge is 2.19. The van der Waals surface area contributed by atoms with Crippen molar-refractivity contribution in [1.29, 1.82) is 0 Å². The normalized spacial score (nSPS) is 14.8. The molecule has 0 unspecified atom stereocenters. The fourth-order valence-electron chi connectivity index (χ4n) is 1.77. The molecule has 1 aromatic carbocycles. The number of nitrogens with one attached hydrogen (secondary N) is 1. The maximum atomic E-state index is 8.86. The molecule has 1 heterocycles. The van der Waals surface area contributed by atoms with Crippen molar-refractivity contribution < 1.29 is 5.21 Å². The Morgan fingerprint density at radius 3 is 2.67 bits per heavy atom. The molecule has 0 atom stereocenters. The van der Waals surface area contributed by atoms with Crippen molar-refractivity contribution >= 4 is 5.84 Å². The maximum absolute atomic E-state index is 8.86. The Balaban J connectivity index is 2.41. The molecule has 0 aliphatic carbocycles. The van der Waals surface area contributed by atoms with Crippen LogP contribution in [0.2, 0.25) is 0 Å². The molecule has 2 N–H and O–H groups in total. The van der Waals surface area contributed by atoms with Crippen molar-refractivity contribution in [2.45, 2.75) is 32.7 Å². The van der Waals surface area contributed by atoms with E-state index < -0.39 is 0 Å². The second kappa shape index (κ2) is 3.35. The van der Waals surface area contributed by atoms with Crippen LogP contribution in [-0.4, -0.2) is 11.0 Å². The summed E-state index contributed by atoms with van der Waals surface area (Å²) >= 11 is 0. The molecule has 3 nitrogen and oxygen atoms in total. The van der Waals surface area contributed by atoms with Gasteiger partial charge in [0.1, 0.15) is 0 Å². The predicted molar refractivity (Wildman–Crippen MR) is 60.3 cm³/mol. The van der Waals surface area contributed by atoms with Crippen LogP contribution in [0, 0.1) is 0 Å². The van der Waals surface area contributed by atoms with E-state index in [1.807, 2.05) is 6.07 Å². The van der Waals surface area contributed by atoms with Crippen molar-refractivity contribution in [3.63, 3.8) is 0 Å². The fraction of sp³-hybridized carbons (Fsp3) is 0.417. The van der Waals surface area contributed by atoms with Gasteiger partial charge in [0.2, 0.25) is 0 Å². The van der Waals surface area contributed by atoms with Gasteiger partial charge in [-0.05, 0) is 16.5 Å². The molecule has 0 aromatic heterocycles. The van der Waals surface area contributed by atoms with Gasteiger partial charge in [-0.1, -0.05) is 39.0 Å². The first-order valence-corrected chi connectivity index (χ1v) is 5.11. The van der Waals surface area contributed by atoms with Crippen molar-refractivity contribution in [2.24, 2.45) is 4.99 Å². The van der Waals surface area contributed by atoms with Gasteiger partial charge in [0.15, 0.2) is 5.84 Å². The number of hydrogen-bond donors (Lipinski definition) is 2. The average Bonchev–Trinajstić information content (AvgIpc) is 2.58. The number of fused-ring (bicyclic) bond motifs is 1. The van der Waals surface area contributed by atoms with Crippen molar-refractivity contribution in [1.82, 2.24) is 5.48 Å². The number of nitrogens with zero attached hydrogens (tertiary/aromatic N) is 1. The average molecular weight is 204 g/mol. The lowest BCUT2D eigenvalue weighted by Crippen LogP contribution is -2.19. The molecule has 0 spiro atoms. The number of aliphatic imine (C=N–C) groups is 1. The molecule has 1 aliphatic heterocycles. The monoisotopic (exact) mass is 204 g/mol. The van der Waals surface area contributed by atoms with E-state index in [0.717, 1.165) is 5.56 Å². The third-order valence-corrected chi connectivity index (χ3v) is 2.74. The first-order chi connectivity index (χ1) is 7.02. The number of amidine groups is 1. The Morgan fingerprint density at radius 2 is 2.07 bits per heavy atom. The van der Waals surface area contributed by atoms with E-state index in [0.29, 0.717) is 12.4 Å². The Labute approximate surface area is 89.8 Å². The molecule has 1 aliphatic rings. The SMILES string of the molecule is CC(C)(C)c1ccc2c(c1)CN=C2NO. The van der Waals surface area contributed by atoms with Crippen LogP contribution in [0.4, 0.5) is 0 Å².